The van der Waals surface area contributed by atoms with Gasteiger partial charge in [-0.25, -0.2) is 0 Å². The summed E-state index contributed by atoms with van der Waals surface area (Å²) >= 11 is 3.37. The zero-order valence-corrected chi connectivity index (χ0v) is 10.7. The Balaban J connectivity index is 2.63. The van der Waals surface area contributed by atoms with E-state index in [1.165, 1.54) is 0 Å². The van der Waals surface area contributed by atoms with Gasteiger partial charge in [0.25, 0.3) is 0 Å². The molecule has 0 spiro atoms. The zero-order valence-electron chi connectivity index (χ0n) is 9.11. The van der Waals surface area contributed by atoms with Crippen LogP contribution < -0.4 is 0 Å². The molecule has 0 aliphatic rings. The van der Waals surface area contributed by atoms with Gasteiger partial charge in [0.1, 0.15) is 6.10 Å². The van der Waals surface area contributed by atoms with Crippen molar-refractivity contribution in [3.63, 3.8) is 0 Å². The minimum atomic E-state index is -0.617. The van der Waals surface area contributed by atoms with Gasteiger partial charge in [-0.2, -0.15) is 5.10 Å². The standard InChI is InChI=1S/C10H17BrN2O2/c1-3-5-15-7-9(14)10-8(11)6-12-13(10)4-2/h6,9,14H,3-5,7H2,1-2H3. The summed E-state index contributed by atoms with van der Waals surface area (Å²) in [5, 5.41) is 14.1. The summed E-state index contributed by atoms with van der Waals surface area (Å²) < 4.78 is 7.91. The number of aliphatic hydroxyl groups is 1. The summed E-state index contributed by atoms with van der Waals surface area (Å²) in [5.41, 5.74) is 0.786. The summed E-state index contributed by atoms with van der Waals surface area (Å²) in [6, 6.07) is 0. The molecule has 1 heterocycles. The van der Waals surface area contributed by atoms with Crippen molar-refractivity contribution >= 4 is 15.9 Å². The van der Waals surface area contributed by atoms with Crippen LogP contribution in [-0.2, 0) is 11.3 Å². The maximum Gasteiger partial charge on any atom is 0.120 e. The summed E-state index contributed by atoms with van der Waals surface area (Å²) in [4.78, 5) is 0. The number of rotatable bonds is 6. The third-order valence-corrected chi connectivity index (χ3v) is 2.68. The Morgan fingerprint density at radius 3 is 2.93 bits per heavy atom. The van der Waals surface area contributed by atoms with Gasteiger partial charge >= 0.3 is 0 Å². The second kappa shape index (κ2) is 6.25. The molecule has 1 rings (SSSR count). The van der Waals surface area contributed by atoms with Crippen LogP contribution in [0.5, 0.6) is 0 Å². The molecule has 0 amide bonds. The average Bonchev–Trinajstić information content (AvgIpc) is 2.59. The van der Waals surface area contributed by atoms with Crippen molar-refractivity contribution in [2.75, 3.05) is 13.2 Å². The number of aromatic nitrogens is 2. The van der Waals surface area contributed by atoms with Crippen LogP contribution in [-0.4, -0.2) is 28.1 Å². The summed E-state index contributed by atoms with van der Waals surface area (Å²) in [5.74, 6) is 0. The molecule has 0 radical (unpaired) electrons. The monoisotopic (exact) mass is 276 g/mol. The van der Waals surface area contributed by atoms with E-state index >= 15 is 0 Å². The van der Waals surface area contributed by atoms with Crippen molar-refractivity contribution in [1.82, 2.24) is 9.78 Å². The first-order valence-corrected chi connectivity index (χ1v) is 5.97. The summed E-state index contributed by atoms with van der Waals surface area (Å²) in [6.45, 7) is 5.76. The molecule has 0 aliphatic heterocycles. The highest BCUT2D eigenvalue weighted by molar-refractivity contribution is 9.10. The van der Waals surface area contributed by atoms with Gasteiger partial charge in [-0.1, -0.05) is 6.92 Å². The Morgan fingerprint density at radius 2 is 2.33 bits per heavy atom. The van der Waals surface area contributed by atoms with E-state index in [0.29, 0.717) is 13.2 Å². The molecule has 0 aromatic carbocycles. The predicted molar refractivity (Wildman–Crippen MR) is 61.7 cm³/mol. The van der Waals surface area contributed by atoms with Gasteiger partial charge in [0.2, 0.25) is 0 Å². The fourth-order valence-corrected chi connectivity index (χ4v) is 1.93. The smallest absolute Gasteiger partial charge is 0.120 e. The zero-order chi connectivity index (χ0) is 11.3. The number of hydrogen-bond donors (Lipinski definition) is 1. The van der Waals surface area contributed by atoms with E-state index in [1.54, 1.807) is 10.9 Å². The molecule has 0 fully saturated rings. The molecule has 1 aromatic heterocycles. The predicted octanol–water partition coefficient (Wildman–Crippen LogP) is 2.13. The molecule has 1 unspecified atom stereocenters. The lowest BCUT2D eigenvalue weighted by molar-refractivity contribution is 0.0315. The van der Waals surface area contributed by atoms with Crippen LogP contribution in [0.3, 0.4) is 0 Å². The average molecular weight is 277 g/mol. The van der Waals surface area contributed by atoms with Crippen molar-refractivity contribution in [3.8, 4) is 0 Å². The van der Waals surface area contributed by atoms with E-state index in [1.807, 2.05) is 13.8 Å². The SMILES string of the molecule is CCCOCC(O)c1c(Br)cnn1CC. The quantitative estimate of drug-likeness (QED) is 0.810. The Kier molecular flexibility index (Phi) is 5.28. The summed E-state index contributed by atoms with van der Waals surface area (Å²) in [7, 11) is 0. The minimum Gasteiger partial charge on any atom is -0.384 e. The Labute approximate surface area is 98.4 Å². The normalized spacial score (nSPS) is 13.1. The van der Waals surface area contributed by atoms with Gasteiger partial charge in [0.15, 0.2) is 0 Å². The molecule has 4 nitrogen and oxygen atoms in total. The van der Waals surface area contributed by atoms with Crippen molar-refractivity contribution in [2.24, 2.45) is 0 Å². The Bertz CT molecular complexity index is 302. The van der Waals surface area contributed by atoms with Gasteiger partial charge in [-0.15, -0.1) is 0 Å². The third kappa shape index (κ3) is 3.29. The number of hydrogen-bond acceptors (Lipinski definition) is 3. The molecule has 1 atom stereocenters. The van der Waals surface area contributed by atoms with Gasteiger partial charge in [-0.3, -0.25) is 4.68 Å². The molecule has 0 bridgehead atoms. The lowest BCUT2D eigenvalue weighted by Gasteiger charge is -2.13. The number of aryl methyl sites for hydroxylation is 1. The molecule has 5 heteroatoms. The Hall–Kier alpha value is -0.390. The van der Waals surface area contributed by atoms with E-state index in [4.69, 9.17) is 4.74 Å². The van der Waals surface area contributed by atoms with Crippen molar-refractivity contribution in [1.29, 1.82) is 0 Å². The second-order valence-corrected chi connectivity index (χ2v) is 4.14. The highest BCUT2D eigenvalue weighted by Gasteiger charge is 2.16. The van der Waals surface area contributed by atoms with Crippen LogP contribution in [0.2, 0.25) is 0 Å². The first-order chi connectivity index (χ1) is 7.20. The van der Waals surface area contributed by atoms with Crippen LogP contribution in [0.4, 0.5) is 0 Å². The van der Waals surface area contributed by atoms with Crippen LogP contribution in [0, 0.1) is 0 Å². The van der Waals surface area contributed by atoms with Gasteiger partial charge in [-0.05, 0) is 29.3 Å². The lowest BCUT2D eigenvalue weighted by atomic mass is 10.2. The largest absolute Gasteiger partial charge is 0.384 e. The van der Waals surface area contributed by atoms with E-state index in [2.05, 4.69) is 21.0 Å². The lowest BCUT2D eigenvalue weighted by Crippen LogP contribution is -2.14. The minimum absolute atomic E-state index is 0.318. The maximum absolute atomic E-state index is 9.91. The molecule has 0 saturated carbocycles. The summed E-state index contributed by atoms with van der Waals surface area (Å²) in [6.07, 6.45) is 2.04. The molecular weight excluding hydrogens is 260 g/mol. The van der Waals surface area contributed by atoms with Crippen LogP contribution >= 0.6 is 15.9 Å². The van der Waals surface area contributed by atoms with E-state index in [9.17, 15) is 5.11 Å². The van der Waals surface area contributed by atoms with Crippen LogP contribution in [0.25, 0.3) is 0 Å². The van der Waals surface area contributed by atoms with Crippen molar-refractivity contribution < 1.29 is 9.84 Å². The van der Waals surface area contributed by atoms with Crippen molar-refractivity contribution in [3.05, 3.63) is 16.4 Å². The molecular formula is C10H17BrN2O2. The molecule has 0 saturated heterocycles. The first-order valence-electron chi connectivity index (χ1n) is 5.17. The van der Waals surface area contributed by atoms with Gasteiger partial charge < -0.3 is 9.84 Å². The number of halogens is 1. The second-order valence-electron chi connectivity index (χ2n) is 3.28. The topological polar surface area (TPSA) is 47.3 Å². The maximum atomic E-state index is 9.91. The molecule has 0 aliphatic carbocycles. The van der Waals surface area contributed by atoms with Crippen LogP contribution in [0.15, 0.2) is 10.7 Å². The number of aliphatic hydroxyl groups excluding tert-OH is 1. The van der Waals surface area contributed by atoms with Gasteiger partial charge in [0, 0.05) is 13.2 Å². The highest BCUT2D eigenvalue weighted by atomic mass is 79.9. The first kappa shape index (κ1) is 12.7. The highest BCUT2D eigenvalue weighted by Crippen LogP contribution is 2.23. The molecule has 1 N–H and O–H groups in total. The van der Waals surface area contributed by atoms with E-state index in [0.717, 1.165) is 23.1 Å². The molecule has 1 aromatic rings. The van der Waals surface area contributed by atoms with Crippen molar-refractivity contribution in [2.45, 2.75) is 32.9 Å². The fraction of sp³-hybridized carbons (Fsp3) is 0.700. The van der Waals surface area contributed by atoms with E-state index < -0.39 is 6.10 Å². The van der Waals surface area contributed by atoms with E-state index in [-0.39, 0.29) is 0 Å². The van der Waals surface area contributed by atoms with Crippen LogP contribution in [0.1, 0.15) is 32.1 Å². The third-order valence-electron chi connectivity index (χ3n) is 2.07. The molecule has 15 heavy (non-hydrogen) atoms. The number of ether oxygens (including phenoxy) is 1. The number of nitrogens with zero attached hydrogens (tertiary/aromatic N) is 2. The Morgan fingerprint density at radius 1 is 1.60 bits per heavy atom. The fourth-order valence-electron chi connectivity index (χ4n) is 1.37. The molecule has 86 valence electrons. The van der Waals surface area contributed by atoms with Gasteiger partial charge in [0.05, 0.1) is 23.0 Å².